The second-order valence-corrected chi connectivity index (χ2v) is 5.34. The SMILES string of the molecule is CC(=O)CC(=O)CC(C)c1c(C)cc(C)cc1C. The van der Waals surface area contributed by atoms with Crippen LogP contribution in [0, 0.1) is 20.8 Å². The minimum atomic E-state index is -0.0513. The van der Waals surface area contributed by atoms with Crippen LogP contribution in [-0.4, -0.2) is 11.6 Å². The Morgan fingerprint density at radius 3 is 2.06 bits per heavy atom. The van der Waals surface area contributed by atoms with Crippen molar-refractivity contribution in [2.75, 3.05) is 0 Å². The van der Waals surface area contributed by atoms with Gasteiger partial charge in [0.15, 0.2) is 0 Å². The van der Waals surface area contributed by atoms with E-state index in [-0.39, 0.29) is 23.9 Å². The third kappa shape index (κ3) is 3.80. The van der Waals surface area contributed by atoms with Gasteiger partial charge in [0.2, 0.25) is 0 Å². The normalized spacial score (nSPS) is 12.3. The first kappa shape index (κ1) is 14.6. The van der Waals surface area contributed by atoms with E-state index in [0.29, 0.717) is 6.42 Å². The van der Waals surface area contributed by atoms with Crippen molar-refractivity contribution >= 4 is 11.6 Å². The van der Waals surface area contributed by atoms with E-state index in [1.54, 1.807) is 0 Å². The van der Waals surface area contributed by atoms with Crippen molar-refractivity contribution < 1.29 is 9.59 Å². The monoisotopic (exact) mass is 246 g/mol. The molecule has 1 aromatic rings. The van der Waals surface area contributed by atoms with Crippen molar-refractivity contribution in [3.8, 4) is 0 Å². The summed E-state index contributed by atoms with van der Waals surface area (Å²) in [6.07, 6.45) is 0.513. The Bertz CT molecular complexity index is 449. The summed E-state index contributed by atoms with van der Waals surface area (Å²) in [4.78, 5) is 22.6. The Morgan fingerprint density at radius 2 is 1.61 bits per heavy atom. The Hall–Kier alpha value is -1.44. The van der Waals surface area contributed by atoms with Gasteiger partial charge in [0.05, 0.1) is 6.42 Å². The second kappa shape index (κ2) is 5.94. The average Bonchev–Trinajstić information content (AvgIpc) is 2.12. The van der Waals surface area contributed by atoms with Crippen LogP contribution in [0.4, 0.5) is 0 Å². The van der Waals surface area contributed by atoms with Gasteiger partial charge in [0, 0.05) is 6.42 Å². The summed E-state index contributed by atoms with van der Waals surface area (Å²) in [5, 5.41) is 0. The Morgan fingerprint density at radius 1 is 1.11 bits per heavy atom. The van der Waals surface area contributed by atoms with E-state index in [0.717, 1.165) is 0 Å². The summed E-state index contributed by atoms with van der Waals surface area (Å²) in [5.41, 5.74) is 4.96. The molecule has 0 saturated heterocycles. The fourth-order valence-electron chi connectivity index (χ4n) is 2.76. The largest absolute Gasteiger partial charge is 0.300 e. The van der Waals surface area contributed by atoms with Crippen LogP contribution in [0.2, 0.25) is 0 Å². The summed E-state index contributed by atoms with van der Waals surface area (Å²) in [7, 11) is 0. The first-order valence-corrected chi connectivity index (χ1v) is 6.40. The van der Waals surface area contributed by atoms with Crippen LogP contribution in [0.5, 0.6) is 0 Å². The molecule has 2 nitrogen and oxygen atoms in total. The molecule has 0 amide bonds. The zero-order valence-electron chi connectivity index (χ0n) is 12.0. The fraction of sp³-hybridized carbons (Fsp3) is 0.500. The minimum absolute atomic E-state index is 0.0365. The van der Waals surface area contributed by atoms with Crippen molar-refractivity contribution in [3.63, 3.8) is 0 Å². The summed E-state index contributed by atoms with van der Waals surface area (Å²) < 4.78 is 0. The van der Waals surface area contributed by atoms with E-state index >= 15 is 0 Å². The van der Waals surface area contributed by atoms with Crippen molar-refractivity contribution in [2.45, 2.75) is 53.4 Å². The zero-order chi connectivity index (χ0) is 13.9. The highest BCUT2D eigenvalue weighted by atomic mass is 16.1. The van der Waals surface area contributed by atoms with Gasteiger partial charge in [0.1, 0.15) is 11.6 Å². The molecule has 1 unspecified atom stereocenters. The van der Waals surface area contributed by atoms with Gasteiger partial charge in [-0.15, -0.1) is 0 Å². The number of rotatable bonds is 5. The quantitative estimate of drug-likeness (QED) is 0.743. The molecule has 0 N–H and O–H groups in total. The van der Waals surface area contributed by atoms with Gasteiger partial charge in [-0.2, -0.15) is 0 Å². The Kier molecular flexibility index (Phi) is 4.83. The third-order valence-electron chi connectivity index (χ3n) is 3.21. The number of hydrogen-bond donors (Lipinski definition) is 0. The van der Waals surface area contributed by atoms with E-state index in [1.807, 2.05) is 0 Å². The molecular formula is C16H22O2. The first-order chi connectivity index (χ1) is 8.31. The first-order valence-electron chi connectivity index (χ1n) is 6.40. The van der Waals surface area contributed by atoms with E-state index in [4.69, 9.17) is 0 Å². The predicted molar refractivity (Wildman–Crippen MR) is 74.0 cm³/mol. The summed E-state index contributed by atoms with van der Waals surface area (Å²) in [5.74, 6) is 0.163. The van der Waals surface area contributed by atoms with E-state index in [2.05, 4.69) is 39.8 Å². The van der Waals surface area contributed by atoms with Gasteiger partial charge in [-0.1, -0.05) is 24.6 Å². The van der Waals surface area contributed by atoms with E-state index in [9.17, 15) is 9.59 Å². The van der Waals surface area contributed by atoms with Gasteiger partial charge in [-0.25, -0.2) is 0 Å². The second-order valence-electron chi connectivity index (χ2n) is 5.34. The number of carbonyl (C=O) groups excluding carboxylic acids is 2. The Labute approximate surface area is 109 Å². The number of benzene rings is 1. The molecule has 0 spiro atoms. The van der Waals surface area contributed by atoms with E-state index < -0.39 is 0 Å². The lowest BCUT2D eigenvalue weighted by atomic mass is 9.87. The van der Waals surface area contributed by atoms with E-state index in [1.165, 1.54) is 29.2 Å². The minimum Gasteiger partial charge on any atom is -0.300 e. The standard InChI is InChI=1S/C16H22O2/c1-10-6-11(2)16(12(3)7-10)13(4)8-15(18)9-14(5)17/h6-7,13H,8-9H2,1-5H3. The number of ketones is 2. The van der Waals surface area contributed by atoms with Crippen molar-refractivity contribution in [3.05, 3.63) is 34.4 Å². The van der Waals surface area contributed by atoms with Crippen LogP contribution >= 0.6 is 0 Å². The molecule has 0 heterocycles. The molecule has 98 valence electrons. The molecule has 0 aliphatic rings. The van der Waals surface area contributed by atoms with Crippen LogP contribution in [0.15, 0.2) is 12.1 Å². The topological polar surface area (TPSA) is 34.1 Å². The van der Waals surface area contributed by atoms with Gasteiger partial charge >= 0.3 is 0 Å². The Balaban J connectivity index is 2.88. The number of Topliss-reactive ketones (excluding diaryl/α,β-unsaturated/α-hetero) is 2. The lowest BCUT2D eigenvalue weighted by Crippen LogP contribution is -2.10. The molecule has 0 fully saturated rings. The molecule has 18 heavy (non-hydrogen) atoms. The van der Waals surface area contributed by atoms with Crippen LogP contribution in [-0.2, 0) is 9.59 Å². The van der Waals surface area contributed by atoms with Gasteiger partial charge in [-0.05, 0) is 50.3 Å². The molecule has 1 atom stereocenters. The fourth-order valence-corrected chi connectivity index (χ4v) is 2.76. The predicted octanol–water partition coefficient (Wildman–Crippen LogP) is 3.65. The highest BCUT2D eigenvalue weighted by molar-refractivity contribution is 5.98. The average molecular weight is 246 g/mol. The van der Waals surface area contributed by atoms with Gasteiger partial charge in [0.25, 0.3) is 0 Å². The molecule has 0 saturated carbocycles. The lowest BCUT2D eigenvalue weighted by Gasteiger charge is -2.17. The van der Waals surface area contributed by atoms with Crippen LogP contribution in [0.25, 0.3) is 0 Å². The van der Waals surface area contributed by atoms with Gasteiger partial charge in [-0.3, -0.25) is 9.59 Å². The van der Waals surface area contributed by atoms with Crippen LogP contribution < -0.4 is 0 Å². The molecule has 0 aromatic heterocycles. The highest BCUT2D eigenvalue weighted by Gasteiger charge is 2.16. The molecule has 1 rings (SSSR count). The third-order valence-corrected chi connectivity index (χ3v) is 3.21. The number of hydrogen-bond acceptors (Lipinski definition) is 2. The van der Waals surface area contributed by atoms with Crippen molar-refractivity contribution in [1.29, 1.82) is 0 Å². The number of carbonyl (C=O) groups is 2. The smallest absolute Gasteiger partial charge is 0.140 e. The van der Waals surface area contributed by atoms with Crippen molar-refractivity contribution in [2.24, 2.45) is 0 Å². The zero-order valence-corrected chi connectivity index (χ0v) is 12.0. The summed E-state index contributed by atoms with van der Waals surface area (Å²) in [6.45, 7) is 9.77. The van der Waals surface area contributed by atoms with Crippen LogP contribution in [0.3, 0.4) is 0 Å². The molecule has 0 bridgehead atoms. The molecular weight excluding hydrogens is 224 g/mol. The highest BCUT2D eigenvalue weighted by Crippen LogP contribution is 2.27. The lowest BCUT2D eigenvalue weighted by molar-refractivity contribution is -0.126. The maximum Gasteiger partial charge on any atom is 0.140 e. The summed E-state index contributed by atoms with van der Waals surface area (Å²) >= 11 is 0. The molecule has 0 radical (unpaired) electrons. The number of aryl methyl sites for hydroxylation is 3. The molecule has 0 aliphatic heterocycles. The molecule has 1 aromatic carbocycles. The summed E-state index contributed by atoms with van der Waals surface area (Å²) in [6, 6.07) is 4.29. The van der Waals surface area contributed by atoms with Crippen molar-refractivity contribution in [1.82, 2.24) is 0 Å². The van der Waals surface area contributed by atoms with Crippen LogP contribution in [0.1, 0.15) is 54.9 Å². The van der Waals surface area contributed by atoms with Gasteiger partial charge < -0.3 is 0 Å². The molecule has 0 aliphatic carbocycles. The maximum absolute atomic E-state index is 11.7. The molecule has 2 heteroatoms. The maximum atomic E-state index is 11.7.